The molecule has 3 saturated heterocycles. The van der Waals surface area contributed by atoms with E-state index in [1.807, 2.05) is 4.90 Å². The third-order valence-electron chi connectivity index (χ3n) is 6.10. The van der Waals surface area contributed by atoms with E-state index < -0.39 is 17.7 Å². The Morgan fingerprint density at radius 3 is 2.75 bits per heavy atom. The molecule has 3 fully saturated rings. The monoisotopic (exact) mass is 395 g/mol. The minimum Gasteiger partial charge on any atom is -0.338 e. The molecule has 3 aliphatic heterocycles. The number of hydrogen-bond acceptors (Lipinski definition) is 3. The Balaban J connectivity index is 1.44. The van der Waals surface area contributed by atoms with Crippen LogP contribution in [0.1, 0.15) is 36.8 Å². The summed E-state index contributed by atoms with van der Waals surface area (Å²) in [6, 6.07) is 5.45. The van der Waals surface area contributed by atoms with Gasteiger partial charge in [-0.05, 0) is 43.5 Å². The van der Waals surface area contributed by atoms with E-state index in [0.717, 1.165) is 44.5 Å². The Morgan fingerprint density at radius 1 is 1.18 bits per heavy atom. The maximum absolute atomic E-state index is 13.1. The number of hydrogen-bond donors (Lipinski definition) is 1. The van der Waals surface area contributed by atoms with Gasteiger partial charge in [0.2, 0.25) is 11.8 Å². The molecule has 3 unspecified atom stereocenters. The second-order valence-corrected chi connectivity index (χ2v) is 8.00. The second kappa shape index (κ2) is 7.39. The lowest BCUT2D eigenvalue weighted by atomic mass is 10.1. The lowest BCUT2D eigenvalue weighted by molar-refractivity contribution is -0.138. The third kappa shape index (κ3) is 3.74. The summed E-state index contributed by atoms with van der Waals surface area (Å²) in [7, 11) is 0. The lowest BCUT2D eigenvalue weighted by Crippen LogP contribution is -2.46. The molecule has 1 N–H and O–H groups in total. The van der Waals surface area contributed by atoms with Crippen molar-refractivity contribution in [3.8, 4) is 0 Å². The van der Waals surface area contributed by atoms with Crippen LogP contribution in [0, 0.1) is 5.92 Å². The Labute approximate surface area is 161 Å². The van der Waals surface area contributed by atoms with Crippen LogP contribution in [0.5, 0.6) is 0 Å². The molecule has 2 bridgehead atoms. The molecule has 28 heavy (non-hydrogen) atoms. The molecule has 2 amide bonds. The first kappa shape index (κ1) is 19.2. The predicted molar refractivity (Wildman–Crippen MR) is 96.1 cm³/mol. The number of fused-ring (bicyclic) bond motifs is 2. The maximum Gasteiger partial charge on any atom is 0.416 e. The highest BCUT2D eigenvalue weighted by atomic mass is 19.4. The molecule has 3 heterocycles. The summed E-state index contributed by atoms with van der Waals surface area (Å²) in [5.41, 5.74) is -0.298. The molecule has 0 radical (unpaired) electrons. The zero-order chi connectivity index (χ0) is 19.9. The van der Waals surface area contributed by atoms with Crippen LogP contribution in [0.25, 0.3) is 0 Å². The number of nitrogens with one attached hydrogen (secondary N) is 1. The summed E-state index contributed by atoms with van der Waals surface area (Å²) in [6.07, 6.45) is -1.35. The van der Waals surface area contributed by atoms with Crippen LogP contribution in [0.4, 0.5) is 13.2 Å². The lowest BCUT2D eigenvalue weighted by Gasteiger charge is -2.30. The van der Waals surface area contributed by atoms with Crippen molar-refractivity contribution in [3.63, 3.8) is 0 Å². The normalized spacial score (nSPS) is 28.0. The smallest absolute Gasteiger partial charge is 0.338 e. The first-order chi connectivity index (χ1) is 13.3. The quantitative estimate of drug-likeness (QED) is 0.855. The van der Waals surface area contributed by atoms with Crippen LogP contribution in [-0.4, -0.2) is 53.3 Å². The van der Waals surface area contributed by atoms with Gasteiger partial charge in [0.15, 0.2) is 0 Å². The zero-order valence-electron chi connectivity index (χ0n) is 15.5. The van der Waals surface area contributed by atoms with Crippen molar-refractivity contribution < 1.29 is 22.8 Å². The molecule has 3 atom stereocenters. The van der Waals surface area contributed by atoms with E-state index >= 15 is 0 Å². The standard InChI is InChI=1S/C20H24F3N3O2/c21-20(22,23)15-3-1-2-13(8-15)11-25-12-14(9-18(25)27)19(28)26-16-4-5-17(26)10-24-7-6-16/h1-3,8,14,16-17,24H,4-7,9-12H2. The number of rotatable bonds is 3. The molecule has 1 aromatic rings. The fraction of sp³-hybridized carbons (Fsp3) is 0.600. The van der Waals surface area contributed by atoms with Crippen LogP contribution in [0.2, 0.25) is 0 Å². The van der Waals surface area contributed by atoms with Crippen molar-refractivity contribution in [1.29, 1.82) is 0 Å². The van der Waals surface area contributed by atoms with E-state index in [4.69, 9.17) is 0 Å². The van der Waals surface area contributed by atoms with E-state index in [0.29, 0.717) is 5.56 Å². The highest BCUT2D eigenvalue weighted by molar-refractivity contribution is 5.89. The molecular formula is C20H24F3N3O2. The number of carbonyl (C=O) groups is 2. The van der Waals surface area contributed by atoms with Gasteiger partial charge < -0.3 is 15.1 Å². The molecule has 152 valence electrons. The first-order valence-corrected chi connectivity index (χ1v) is 9.80. The largest absolute Gasteiger partial charge is 0.416 e. The van der Waals surface area contributed by atoms with Crippen molar-refractivity contribution in [2.24, 2.45) is 5.92 Å². The van der Waals surface area contributed by atoms with Gasteiger partial charge in [-0.25, -0.2) is 0 Å². The van der Waals surface area contributed by atoms with E-state index in [1.54, 1.807) is 6.07 Å². The SMILES string of the molecule is O=C1CC(C(=O)N2C3CCNCC2CC3)CN1Cc1cccc(C(F)(F)F)c1. The van der Waals surface area contributed by atoms with Crippen LogP contribution in [0.15, 0.2) is 24.3 Å². The molecule has 0 aliphatic carbocycles. The third-order valence-corrected chi connectivity index (χ3v) is 6.10. The minimum atomic E-state index is -4.41. The van der Waals surface area contributed by atoms with Crippen molar-refractivity contribution >= 4 is 11.8 Å². The van der Waals surface area contributed by atoms with E-state index in [1.165, 1.54) is 11.0 Å². The van der Waals surface area contributed by atoms with Gasteiger partial charge in [-0.1, -0.05) is 12.1 Å². The fourth-order valence-electron chi connectivity index (χ4n) is 4.71. The number of carbonyl (C=O) groups excluding carboxylic acids is 2. The van der Waals surface area contributed by atoms with Gasteiger partial charge in [-0.3, -0.25) is 9.59 Å². The Morgan fingerprint density at radius 2 is 1.96 bits per heavy atom. The molecule has 5 nitrogen and oxygen atoms in total. The van der Waals surface area contributed by atoms with E-state index in [9.17, 15) is 22.8 Å². The summed E-state index contributed by atoms with van der Waals surface area (Å²) >= 11 is 0. The Bertz CT molecular complexity index is 753. The Kier molecular flexibility index (Phi) is 5.07. The molecule has 0 spiro atoms. The van der Waals surface area contributed by atoms with Gasteiger partial charge in [0.05, 0.1) is 11.5 Å². The van der Waals surface area contributed by atoms with E-state index in [2.05, 4.69) is 5.32 Å². The summed E-state index contributed by atoms with van der Waals surface area (Å²) in [5, 5.41) is 3.36. The van der Waals surface area contributed by atoms with Crippen LogP contribution < -0.4 is 5.32 Å². The summed E-state index contributed by atoms with van der Waals surface area (Å²) < 4.78 is 38.7. The van der Waals surface area contributed by atoms with Gasteiger partial charge in [0, 0.05) is 38.1 Å². The average Bonchev–Trinajstić information content (AvgIpc) is 3.12. The summed E-state index contributed by atoms with van der Waals surface area (Å²) in [4.78, 5) is 29.0. The van der Waals surface area contributed by atoms with Gasteiger partial charge in [-0.2, -0.15) is 13.2 Å². The first-order valence-electron chi connectivity index (χ1n) is 9.80. The number of alkyl halides is 3. The van der Waals surface area contributed by atoms with Crippen molar-refractivity contribution in [2.45, 2.75) is 50.5 Å². The molecule has 4 rings (SSSR count). The molecule has 3 aliphatic rings. The van der Waals surface area contributed by atoms with Crippen molar-refractivity contribution in [3.05, 3.63) is 35.4 Å². The number of likely N-dealkylation sites (tertiary alicyclic amines) is 1. The van der Waals surface area contributed by atoms with Gasteiger partial charge >= 0.3 is 6.18 Å². The van der Waals surface area contributed by atoms with Crippen molar-refractivity contribution in [2.75, 3.05) is 19.6 Å². The highest BCUT2D eigenvalue weighted by Gasteiger charge is 2.44. The zero-order valence-corrected chi connectivity index (χ0v) is 15.5. The maximum atomic E-state index is 13.1. The van der Waals surface area contributed by atoms with Gasteiger partial charge in [-0.15, -0.1) is 0 Å². The molecular weight excluding hydrogens is 371 g/mol. The van der Waals surface area contributed by atoms with Gasteiger partial charge in [0.1, 0.15) is 0 Å². The number of amides is 2. The topological polar surface area (TPSA) is 52.7 Å². The van der Waals surface area contributed by atoms with Crippen LogP contribution in [-0.2, 0) is 22.3 Å². The number of benzene rings is 1. The van der Waals surface area contributed by atoms with Gasteiger partial charge in [0.25, 0.3) is 0 Å². The molecule has 8 heteroatoms. The fourth-order valence-corrected chi connectivity index (χ4v) is 4.71. The average molecular weight is 395 g/mol. The molecule has 0 saturated carbocycles. The van der Waals surface area contributed by atoms with E-state index in [-0.39, 0.29) is 43.4 Å². The van der Waals surface area contributed by atoms with Crippen molar-refractivity contribution in [1.82, 2.24) is 15.1 Å². The molecule has 1 aromatic carbocycles. The van der Waals surface area contributed by atoms with Crippen LogP contribution >= 0.6 is 0 Å². The minimum absolute atomic E-state index is 0.0242. The molecule has 0 aromatic heterocycles. The number of halogens is 3. The Hall–Kier alpha value is -2.09. The summed E-state index contributed by atoms with van der Waals surface area (Å²) in [6.45, 7) is 2.06. The van der Waals surface area contributed by atoms with Crippen LogP contribution in [0.3, 0.4) is 0 Å². The second-order valence-electron chi connectivity index (χ2n) is 8.00. The number of nitrogens with zero attached hydrogens (tertiary/aromatic N) is 2. The highest BCUT2D eigenvalue weighted by Crippen LogP contribution is 2.33. The summed E-state index contributed by atoms with van der Waals surface area (Å²) in [5.74, 6) is -0.549. The predicted octanol–water partition coefficient (Wildman–Crippen LogP) is 2.41.